The molecule has 0 aromatic heterocycles. The van der Waals surface area contributed by atoms with Gasteiger partial charge >= 0.3 is 6.03 Å². The highest BCUT2D eigenvalue weighted by molar-refractivity contribution is 6.38. The number of carbonyl (C=O) groups is 4. The first kappa shape index (κ1) is 28.8. The fourth-order valence-corrected chi connectivity index (χ4v) is 3.62. The number of carbonyl (C=O) groups excluding carboxylic acids is 4. The van der Waals surface area contributed by atoms with Crippen LogP contribution >= 0.6 is 11.6 Å². The average molecular weight is 519 g/mol. The van der Waals surface area contributed by atoms with Crippen LogP contribution in [-0.4, -0.2) is 35.7 Å². The topological polar surface area (TPSA) is 116 Å². The van der Waals surface area contributed by atoms with Crippen LogP contribution in [0, 0.1) is 11.7 Å². The molecular formula is C26H32ClFN4O4. The Hall–Kier alpha value is -3.46. The molecule has 0 saturated heterocycles. The summed E-state index contributed by atoms with van der Waals surface area (Å²) in [4.78, 5) is 50.4. The molecule has 10 heteroatoms. The van der Waals surface area contributed by atoms with Crippen molar-refractivity contribution in [3.8, 4) is 0 Å². The van der Waals surface area contributed by atoms with Crippen LogP contribution in [0.5, 0.6) is 0 Å². The van der Waals surface area contributed by atoms with Crippen LogP contribution in [0.15, 0.2) is 48.5 Å². The predicted molar refractivity (Wildman–Crippen MR) is 136 cm³/mol. The van der Waals surface area contributed by atoms with Gasteiger partial charge in [0.2, 0.25) is 11.7 Å². The lowest BCUT2D eigenvalue weighted by Gasteiger charge is -2.23. The third-order valence-corrected chi connectivity index (χ3v) is 5.65. The van der Waals surface area contributed by atoms with Gasteiger partial charge in [0.15, 0.2) is 0 Å². The normalized spacial score (nSPS) is 12.4. The van der Waals surface area contributed by atoms with E-state index in [1.807, 2.05) is 44.2 Å². The lowest BCUT2D eigenvalue weighted by Crippen LogP contribution is -2.55. The molecule has 0 bridgehead atoms. The van der Waals surface area contributed by atoms with Crippen molar-refractivity contribution in [2.45, 2.75) is 58.8 Å². The second kappa shape index (κ2) is 14.2. The summed E-state index contributed by atoms with van der Waals surface area (Å²) < 4.78 is 14.0. The molecule has 36 heavy (non-hydrogen) atoms. The van der Waals surface area contributed by atoms with Crippen molar-refractivity contribution in [3.63, 3.8) is 0 Å². The van der Waals surface area contributed by atoms with Crippen LogP contribution in [0.3, 0.4) is 0 Å². The molecule has 0 heterocycles. The molecule has 2 aromatic rings. The maximum atomic E-state index is 14.0. The van der Waals surface area contributed by atoms with Gasteiger partial charge in [-0.2, -0.15) is 0 Å². The highest BCUT2D eigenvalue weighted by Gasteiger charge is 2.29. The number of amides is 4. The van der Waals surface area contributed by atoms with Gasteiger partial charge in [0, 0.05) is 18.7 Å². The fraction of sp³-hybridized carbons (Fsp3) is 0.385. The maximum Gasteiger partial charge on any atom is 0.315 e. The Kier molecular flexibility index (Phi) is 11.3. The molecule has 0 saturated carbocycles. The Morgan fingerprint density at radius 3 is 2.22 bits per heavy atom. The zero-order chi connectivity index (χ0) is 26.7. The van der Waals surface area contributed by atoms with Crippen molar-refractivity contribution in [2.75, 3.05) is 0 Å². The summed E-state index contributed by atoms with van der Waals surface area (Å²) in [7, 11) is 0. The number of urea groups is 1. The number of benzene rings is 2. The van der Waals surface area contributed by atoms with E-state index in [4.69, 9.17) is 11.6 Å². The van der Waals surface area contributed by atoms with E-state index in [1.54, 1.807) is 6.92 Å². The molecule has 0 radical (unpaired) electrons. The average Bonchev–Trinajstić information content (AvgIpc) is 2.86. The molecule has 0 fully saturated rings. The number of halogens is 2. The monoisotopic (exact) mass is 518 g/mol. The Morgan fingerprint density at radius 1 is 0.889 bits per heavy atom. The molecule has 8 nitrogen and oxygen atoms in total. The van der Waals surface area contributed by atoms with Crippen molar-refractivity contribution in [1.82, 2.24) is 21.3 Å². The first-order valence-corrected chi connectivity index (χ1v) is 12.1. The Bertz CT molecular complexity index is 1070. The second-order valence-corrected chi connectivity index (χ2v) is 9.13. The van der Waals surface area contributed by atoms with Gasteiger partial charge in [0.25, 0.3) is 5.91 Å². The molecule has 2 rings (SSSR count). The van der Waals surface area contributed by atoms with Crippen LogP contribution in [0.2, 0.25) is 5.02 Å². The minimum Gasteiger partial charge on any atom is -0.345 e. The highest BCUT2D eigenvalue weighted by Crippen LogP contribution is 2.17. The largest absolute Gasteiger partial charge is 0.345 e. The van der Waals surface area contributed by atoms with Crippen molar-refractivity contribution < 1.29 is 23.6 Å². The van der Waals surface area contributed by atoms with Gasteiger partial charge in [-0.05, 0) is 30.4 Å². The molecule has 4 N–H and O–H groups in total. The predicted octanol–water partition coefficient (Wildman–Crippen LogP) is 3.47. The van der Waals surface area contributed by atoms with Crippen molar-refractivity contribution in [2.24, 2.45) is 5.92 Å². The zero-order valence-electron chi connectivity index (χ0n) is 20.6. The fourth-order valence-electron chi connectivity index (χ4n) is 3.42. The highest BCUT2D eigenvalue weighted by atomic mass is 35.5. The number of hydrogen-bond acceptors (Lipinski definition) is 4. The third kappa shape index (κ3) is 8.96. The zero-order valence-corrected chi connectivity index (χ0v) is 21.3. The van der Waals surface area contributed by atoms with Crippen LogP contribution < -0.4 is 21.3 Å². The Labute approximate surface area is 215 Å². The summed E-state index contributed by atoms with van der Waals surface area (Å²) in [6, 6.07) is 11.1. The van der Waals surface area contributed by atoms with Gasteiger partial charge in [-0.25, -0.2) is 9.18 Å². The lowest BCUT2D eigenvalue weighted by molar-refractivity contribution is -0.140. The molecule has 2 atom stereocenters. The van der Waals surface area contributed by atoms with Crippen LogP contribution in [0.1, 0.15) is 44.7 Å². The second-order valence-electron chi connectivity index (χ2n) is 8.72. The maximum absolute atomic E-state index is 14.0. The molecule has 0 aliphatic heterocycles. The first-order valence-electron chi connectivity index (χ1n) is 11.8. The molecular weight excluding hydrogens is 487 g/mol. The minimum atomic E-state index is -1.11. The van der Waals surface area contributed by atoms with E-state index >= 15 is 0 Å². The van der Waals surface area contributed by atoms with E-state index in [0.717, 1.165) is 5.56 Å². The molecule has 2 unspecified atom stereocenters. The van der Waals surface area contributed by atoms with Gasteiger partial charge in [-0.1, -0.05) is 74.8 Å². The van der Waals surface area contributed by atoms with Crippen LogP contribution in [-0.2, 0) is 27.5 Å². The number of Topliss-reactive ketones (excluding diaryl/α,β-unsaturated/α-hetero) is 1. The van der Waals surface area contributed by atoms with Crippen molar-refractivity contribution in [1.29, 1.82) is 0 Å². The quantitative estimate of drug-likeness (QED) is 0.322. The number of rotatable bonds is 12. The lowest BCUT2D eigenvalue weighted by atomic mass is 10.0. The van der Waals surface area contributed by atoms with Crippen molar-refractivity contribution in [3.05, 3.63) is 70.5 Å². The smallest absolute Gasteiger partial charge is 0.315 e. The van der Waals surface area contributed by atoms with E-state index < -0.39 is 41.5 Å². The molecule has 194 valence electrons. The summed E-state index contributed by atoms with van der Waals surface area (Å²) in [6.45, 7) is 5.49. The van der Waals surface area contributed by atoms with Gasteiger partial charge in [0.1, 0.15) is 11.9 Å². The number of nitrogens with one attached hydrogen (secondary N) is 4. The summed E-state index contributed by atoms with van der Waals surface area (Å²) in [6.07, 6.45) is 0.480. The Morgan fingerprint density at radius 2 is 1.58 bits per heavy atom. The summed E-state index contributed by atoms with van der Waals surface area (Å²) in [5, 5.41) is 10.2. The molecule has 4 amide bonds. The van der Waals surface area contributed by atoms with E-state index in [9.17, 15) is 23.6 Å². The van der Waals surface area contributed by atoms with E-state index in [-0.39, 0.29) is 36.0 Å². The first-order chi connectivity index (χ1) is 17.1. The number of ketones is 1. The van der Waals surface area contributed by atoms with Crippen molar-refractivity contribution >= 4 is 35.2 Å². The summed E-state index contributed by atoms with van der Waals surface area (Å²) in [5.74, 6) is -3.02. The minimum absolute atomic E-state index is 0.0712. The van der Waals surface area contributed by atoms with Gasteiger partial charge in [-0.3, -0.25) is 14.4 Å². The van der Waals surface area contributed by atoms with E-state index in [0.29, 0.717) is 6.42 Å². The van der Waals surface area contributed by atoms with E-state index in [1.165, 1.54) is 18.2 Å². The molecule has 0 aliphatic rings. The summed E-state index contributed by atoms with van der Waals surface area (Å²) in [5.41, 5.74) is 1.03. The Balaban J connectivity index is 1.96. The van der Waals surface area contributed by atoms with Gasteiger partial charge in [-0.15, -0.1) is 0 Å². The molecule has 0 spiro atoms. The third-order valence-electron chi connectivity index (χ3n) is 5.36. The number of hydrogen-bond donors (Lipinski definition) is 4. The molecule has 0 aliphatic carbocycles. The van der Waals surface area contributed by atoms with E-state index in [2.05, 4.69) is 21.3 Å². The SMILES string of the molecule is CCC(NC(=O)C(CC(C)C)NC(=O)NCc1ccccc1)C(=O)C(=O)NCc1cccc(Cl)c1F. The standard InChI is InChI=1S/C26H32ClFN4O4/c1-4-20(23(33)25(35)29-15-18-11-8-12-19(27)22(18)28)31-24(34)21(13-16(2)3)32-26(36)30-14-17-9-6-5-7-10-17/h5-12,16,20-21H,4,13-15H2,1-3H3,(H,29,35)(H,31,34)(H2,30,32,36). The molecule has 2 aromatic carbocycles. The van der Waals surface area contributed by atoms with Crippen LogP contribution in [0.4, 0.5) is 9.18 Å². The summed E-state index contributed by atoms with van der Waals surface area (Å²) >= 11 is 5.74. The van der Waals surface area contributed by atoms with Gasteiger partial charge < -0.3 is 21.3 Å². The van der Waals surface area contributed by atoms with Gasteiger partial charge in [0.05, 0.1) is 11.1 Å². The van der Waals surface area contributed by atoms with Crippen LogP contribution in [0.25, 0.3) is 0 Å².